The van der Waals surface area contributed by atoms with E-state index in [1.54, 1.807) is 6.08 Å². The number of alkyl halides is 2. The summed E-state index contributed by atoms with van der Waals surface area (Å²) in [6.45, 7) is 6.23. The predicted octanol–water partition coefficient (Wildman–Crippen LogP) is 5.00. The van der Waals surface area contributed by atoms with Gasteiger partial charge in [0, 0.05) is 6.42 Å². The summed E-state index contributed by atoms with van der Waals surface area (Å²) in [4.78, 5) is 10.6. The molecule has 0 saturated heterocycles. The lowest BCUT2D eigenvalue weighted by atomic mass is 10.1. The summed E-state index contributed by atoms with van der Waals surface area (Å²) in [6.07, 6.45) is 9.66. The molecule has 0 aliphatic heterocycles. The van der Waals surface area contributed by atoms with Gasteiger partial charge in [-0.25, -0.2) is 0 Å². The van der Waals surface area contributed by atoms with Crippen LogP contribution in [0.4, 0.5) is 0 Å². The van der Waals surface area contributed by atoms with Crippen LogP contribution in [0.25, 0.3) is 0 Å². The molecular formula is C14H20Cl2O. The Labute approximate surface area is 114 Å². The third kappa shape index (κ3) is 11.7. The van der Waals surface area contributed by atoms with Crippen molar-refractivity contribution in [1.82, 2.24) is 0 Å². The Kier molecular flexibility index (Phi) is 9.20. The zero-order valence-corrected chi connectivity index (χ0v) is 12.2. The molecule has 0 unspecified atom stereocenters. The number of allylic oxidation sites excluding steroid dienone is 6. The predicted molar refractivity (Wildman–Crippen MR) is 76.7 cm³/mol. The maximum atomic E-state index is 11.2. The summed E-state index contributed by atoms with van der Waals surface area (Å²) in [5.74, 6) is -0.0478. The summed E-state index contributed by atoms with van der Waals surface area (Å²) >= 11 is 11.0. The Bertz CT molecular complexity index is 321. The second-order valence-electron chi connectivity index (χ2n) is 4.25. The lowest BCUT2D eigenvalue weighted by Gasteiger charge is -1.97. The fourth-order valence-corrected chi connectivity index (χ4v) is 1.52. The van der Waals surface area contributed by atoms with Gasteiger partial charge in [-0.1, -0.05) is 29.4 Å². The van der Waals surface area contributed by atoms with E-state index in [1.807, 2.05) is 6.08 Å². The maximum absolute atomic E-state index is 11.2. The number of halogens is 2. The van der Waals surface area contributed by atoms with Gasteiger partial charge in [0.25, 0.3) is 0 Å². The zero-order chi connectivity index (χ0) is 13.3. The van der Waals surface area contributed by atoms with Gasteiger partial charge in [-0.05, 0) is 39.7 Å². The molecule has 0 N–H and O–H groups in total. The van der Waals surface area contributed by atoms with Gasteiger partial charge in [0.15, 0.2) is 5.78 Å². The molecule has 96 valence electrons. The van der Waals surface area contributed by atoms with Crippen LogP contribution in [0.1, 0.15) is 40.0 Å². The van der Waals surface area contributed by atoms with Gasteiger partial charge in [-0.15, -0.1) is 23.2 Å². The Morgan fingerprint density at radius 3 is 2.41 bits per heavy atom. The Balaban J connectivity index is 4.01. The van der Waals surface area contributed by atoms with Gasteiger partial charge < -0.3 is 0 Å². The summed E-state index contributed by atoms with van der Waals surface area (Å²) in [7, 11) is 0. The van der Waals surface area contributed by atoms with Crippen LogP contribution in [-0.4, -0.2) is 10.6 Å². The summed E-state index contributed by atoms with van der Waals surface area (Å²) in [6, 6.07) is 0. The first kappa shape index (κ1) is 16.5. The van der Waals surface area contributed by atoms with E-state index in [-0.39, 0.29) is 12.2 Å². The van der Waals surface area contributed by atoms with Gasteiger partial charge in [-0.2, -0.15) is 0 Å². The molecule has 0 aliphatic carbocycles. The second kappa shape index (κ2) is 9.49. The second-order valence-corrected chi connectivity index (χ2v) is 5.53. The van der Waals surface area contributed by atoms with Crippen LogP contribution in [0.5, 0.6) is 0 Å². The Hall–Kier alpha value is -0.530. The van der Waals surface area contributed by atoms with Gasteiger partial charge in [0.1, 0.15) is 4.84 Å². The molecule has 1 nitrogen and oxygen atoms in total. The van der Waals surface area contributed by atoms with Gasteiger partial charge >= 0.3 is 0 Å². The fourth-order valence-electron chi connectivity index (χ4n) is 1.21. The molecule has 0 aromatic heterocycles. The van der Waals surface area contributed by atoms with E-state index >= 15 is 0 Å². The SMILES string of the molecule is CC(C)=CCCC(C)=CC=CC(=O)CC(Cl)Cl. The molecule has 0 amide bonds. The number of hydrogen-bond donors (Lipinski definition) is 0. The van der Waals surface area contributed by atoms with Crippen molar-refractivity contribution in [3.8, 4) is 0 Å². The lowest BCUT2D eigenvalue weighted by Crippen LogP contribution is -1.98. The Morgan fingerprint density at radius 2 is 1.88 bits per heavy atom. The van der Waals surface area contributed by atoms with Crippen LogP contribution in [0, 0.1) is 0 Å². The summed E-state index contributed by atoms with van der Waals surface area (Å²) in [5.41, 5.74) is 2.58. The van der Waals surface area contributed by atoms with Crippen LogP contribution in [0.3, 0.4) is 0 Å². The standard InChI is InChI=1S/C14H20Cl2O/c1-11(2)6-4-7-12(3)8-5-9-13(17)10-14(15)16/h5-6,8-9,14H,4,7,10H2,1-3H3. The van der Waals surface area contributed by atoms with Crippen LogP contribution in [0.15, 0.2) is 35.5 Å². The van der Waals surface area contributed by atoms with Crippen molar-refractivity contribution in [3.05, 3.63) is 35.5 Å². The number of carbonyl (C=O) groups excluding carboxylic acids is 1. The van der Waals surface area contributed by atoms with Crippen molar-refractivity contribution in [2.24, 2.45) is 0 Å². The minimum Gasteiger partial charge on any atom is -0.295 e. The fraction of sp³-hybridized carbons (Fsp3) is 0.500. The summed E-state index contributed by atoms with van der Waals surface area (Å²) < 4.78 is 0. The smallest absolute Gasteiger partial charge is 0.158 e. The molecule has 17 heavy (non-hydrogen) atoms. The van der Waals surface area contributed by atoms with E-state index in [0.717, 1.165) is 12.8 Å². The van der Waals surface area contributed by atoms with Crippen LogP contribution < -0.4 is 0 Å². The van der Waals surface area contributed by atoms with E-state index in [2.05, 4.69) is 26.8 Å². The highest BCUT2D eigenvalue weighted by atomic mass is 35.5. The number of hydrogen-bond acceptors (Lipinski definition) is 1. The average molecular weight is 275 g/mol. The van der Waals surface area contributed by atoms with Crippen molar-refractivity contribution >= 4 is 29.0 Å². The minimum atomic E-state index is -0.616. The van der Waals surface area contributed by atoms with Crippen LogP contribution in [0.2, 0.25) is 0 Å². The molecule has 0 bridgehead atoms. The molecule has 0 rings (SSSR count). The van der Waals surface area contributed by atoms with E-state index in [1.165, 1.54) is 17.2 Å². The van der Waals surface area contributed by atoms with Crippen molar-refractivity contribution < 1.29 is 4.79 Å². The van der Waals surface area contributed by atoms with E-state index in [4.69, 9.17) is 23.2 Å². The van der Waals surface area contributed by atoms with E-state index in [0.29, 0.717) is 0 Å². The molecule has 0 fully saturated rings. The quantitative estimate of drug-likeness (QED) is 0.276. The first-order chi connectivity index (χ1) is 7.91. The number of ketones is 1. The van der Waals surface area contributed by atoms with Crippen LogP contribution >= 0.6 is 23.2 Å². The molecule has 0 spiro atoms. The molecule has 3 heteroatoms. The molecule has 0 aromatic carbocycles. The first-order valence-electron chi connectivity index (χ1n) is 5.70. The van der Waals surface area contributed by atoms with Crippen molar-refractivity contribution in [2.45, 2.75) is 44.9 Å². The number of carbonyl (C=O) groups is 1. The van der Waals surface area contributed by atoms with Crippen molar-refractivity contribution in [2.75, 3.05) is 0 Å². The van der Waals surface area contributed by atoms with Gasteiger partial charge in [0.05, 0.1) is 0 Å². The molecule has 0 aliphatic rings. The first-order valence-corrected chi connectivity index (χ1v) is 6.57. The highest BCUT2D eigenvalue weighted by Crippen LogP contribution is 2.09. The largest absolute Gasteiger partial charge is 0.295 e. The normalized spacial score (nSPS) is 12.2. The lowest BCUT2D eigenvalue weighted by molar-refractivity contribution is -0.114. The highest BCUT2D eigenvalue weighted by molar-refractivity contribution is 6.45. The average Bonchev–Trinajstić information content (AvgIpc) is 2.15. The third-order valence-corrected chi connectivity index (χ3v) is 2.42. The van der Waals surface area contributed by atoms with Gasteiger partial charge in [-0.3, -0.25) is 4.79 Å². The van der Waals surface area contributed by atoms with E-state index < -0.39 is 4.84 Å². The summed E-state index contributed by atoms with van der Waals surface area (Å²) in [5, 5.41) is 0. The maximum Gasteiger partial charge on any atom is 0.158 e. The number of rotatable bonds is 7. The highest BCUT2D eigenvalue weighted by Gasteiger charge is 2.03. The van der Waals surface area contributed by atoms with Crippen LogP contribution in [-0.2, 0) is 4.79 Å². The zero-order valence-electron chi connectivity index (χ0n) is 10.7. The molecule has 0 atom stereocenters. The minimum absolute atomic E-state index is 0.0478. The Morgan fingerprint density at radius 1 is 1.24 bits per heavy atom. The topological polar surface area (TPSA) is 17.1 Å². The third-order valence-electron chi connectivity index (χ3n) is 2.11. The molecule has 0 saturated carbocycles. The van der Waals surface area contributed by atoms with E-state index in [9.17, 15) is 4.79 Å². The molecular weight excluding hydrogens is 255 g/mol. The molecule has 0 aromatic rings. The monoisotopic (exact) mass is 274 g/mol. The van der Waals surface area contributed by atoms with Crippen molar-refractivity contribution in [3.63, 3.8) is 0 Å². The van der Waals surface area contributed by atoms with Crippen molar-refractivity contribution in [1.29, 1.82) is 0 Å². The molecule has 0 heterocycles. The van der Waals surface area contributed by atoms with Gasteiger partial charge in [0.2, 0.25) is 0 Å². The molecule has 0 radical (unpaired) electrons.